The van der Waals surface area contributed by atoms with Crippen molar-refractivity contribution in [2.75, 3.05) is 32.7 Å². The van der Waals surface area contributed by atoms with Gasteiger partial charge in [-0.1, -0.05) is 18.2 Å². The summed E-state index contributed by atoms with van der Waals surface area (Å²) in [6.45, 7) is 5.58. The third-order valence-electron chi connectivity index (χ3n) is 6.15. The van der Waals surface area contributed by atoms with E-state index in [-0.39, 0.29) is 23.9 Å². The van der Waals surface area contributed by atoms with Crippen molar-refractivity contribution in [3.63, 3.8) is 0 Å². The van der Waals surface area contributed by atoms with Gasteiger partial charge in [-0.15, -0.1) is 11.3 Å². The Morgan fingerprint density at radius 2 is 1.83 bits per heavy atom. The molecule has 2 fully saturated rings. The Bertz CT molecular complexity index is 784. The highest BCUT2D eigenvalue weighted by atomic mass is 32.1. The van der Waals surface area contributed by atoms with Crippen molar-refractivity contribution in [3.05, 3.63) is 58.0 Å². The van der Waals surface area contributed by atoms with Crippen molar-refractivity contribution < 1.29 is 9.18 Å². The Morgan fingerprint density at radius 3 is 2.50 bits per heavy atom. The van der Waals surface area contributed by atoms with E-state index in [0.717, 1.165) is 51.1 Å². The maximum absolute atomic E-state index is 13.1. The predicted molar refractivity (Wildman–Crippen MR) is 119 cm³/mol. The largest absolute Gasteiger partial charge is 0.336 e. The number of urea groups is 1. The van der Waals surface area contributed by atoms with Crippen molar-refractivity contribution >= 4 is 17.4 Å². The first-order valence-electron chi connectivity index (χ1n) is 11.0. The van der Waals surface area contributed by atoms with Crippen LogP contribution in [0.25, 0.3) is 0 Å². The number of nitrogens with zero attached hydrogens (tertiary/aromatic N) is 2. The van der Waals surface area contributed by atoms with E-state index in [4.69, 9.17) is 0 Å². The third kappa shape index (κ3) is 5.80. The summed E-state index contributed by atoms with van der Waals surface area (Å²) in [5.41, 5.74) is 1.13. The van der Waals surface area contributed by atoms with Gasteiger partial charge in [-0.25, -0.2) is 9.18 Å². The molecule has 1 unspecified atom stereocenters. The summed E-state index contributed by atoms with van der Waals surface area (Å²) < 4.78 is 13.1. The summed E-state index contributed by atoms with van der Waals surface area (Å²) in [4.78, 5) is 18.7. The first-order valence-corrected chi connectivity index (χ1v) is 11.8. The fourth-order valence-electron chi connectivity index (χ4n) is 4.45. The van der Waals surface area contributed by atoms with E-state index in [1.54, 1.807) is 11.3 Å². The molecular formula is C23H31FN4OS. The van der Waals surface area contributed by atoms with Crippen LogP contribution in [0, 0.1) is 5.82 Å². The lowest BCUT2D eigenvalue weighted by molar-refractivity contribution is 0.184. The van der Waals surface area contributed by atoms with Gasteiger partial charge in [0.1, 0.15) is 5.82 Å². The Morgan fingerprint density at radius 1 is 1.10 bits per heavy atom. The lowest BCUT2D eigenvalue weighted by Gasteiger charge is -2.32. The zero-order chi connectivity index (χ0) is 20.8. The van der Waals surface area contributed by atoms with Gasteiger partial charge in [-0.05, 0) is 67.9 Å². The van der Waals surface area contributed by atoms with E-state index >= 15 is 0 Å². The maximum Gasteiger partial charge on any atom is 0.315 e. The van der Waals surface area contributed by atoms with Crippen LogP contribution in [-0.4, -0.2) is 54.6 Å². The van der Waals surface area contributed by atoms with Gasteiger partial charge in [0.15, 0.2) is 0 Å². The molecule has 2 saturated heterocycles. The maximum atomic E-state index is 13.1. The number of rotatable bonds is 7. The van der Waals surface area contributed by atoms with E-state index in [0.29, 0.717) is 6.54 Å². The molecule has 2 aromatic rings. The number of piperidine rings is 1. The number of hydrogen-bond acceptors (Lipinski definition) is 4. The molecule has 162 valence electrons. The van der Waals surface area contributed by atoms with E-state index < -0.39 is 0 Å². The summed E-state index contributed by atoms with van der Waals surface area (Å²) in [6.07, 6.45) is 4.36. The third-order valence-corrected chi connectivity index (χ3v) is 7.12. The molecule has 1 aromatic carbocycles. The summed E-state index contributed by atoms with van der Waals surface area (Å²) in [7, 11) is 0. The topological polar surface area (TPSA) is 47.6 Å². The summed E-state index contributed by atoms with van der Waals surface area (Å²) in [5, 5.41) is 8.39. The molecule has 0 aliphatic carbocycles. The van der Waals surface area contributed by atoms with Crippen molar-refractivity contribution in [1.29, 1.82) is 0 Å². The standard InChI is InChI=1S/C23H31FN4OS/c24-19-7-5-18(6-8-19)17-27-13-9-20(10-14-27)26-23(29)25-16-21(22-4-3-15-30-22)28-11-1-2-12-28/h3-8,15,20-21H,1-2,9-14,16-17H2,(H2,25,26,29). The first kappa shape index (κ1) is 21.3. The molecule has 0 spiro atoms. The summed E-state index contributed by atoms with van der Waals surface area (Å²) in [5.74, 6) is -0.196. The van der Waals surface area contributed by atoms with Crippen LogP contribution >= 0.6 is 11.3 Å². The number of nitrogens with one attached hydrogen (secondary N) is 2. The molecule has 2 amide bonds. The second kappa shape index (κ2) is 10.4. The number of hydrogen-bond donors (Lipinski definition) is 2. The second-order valence-corrected chi connectivity index (χ2v) is 9.28. The normalized spacial score (nSPS) is 19.6. The van der Waals surface area contributed by atoms with Crippen LogP contribution in [0.4, 0.5) is 9.18 Å². The minimum absolute atomic E-state index is 0.0623. The quantitative estimate of drug-likeness (QED) is 0.698. The van der Waals surface area contributed by atoms with Crippen LogP contribution in [0.2, 0.25) is 0 Å². The van der Waals surface area contributed by atoms with E-state index in [9.17, 15) is 9.18 Å². The van der Waals surface area contributed by atoms with E-state index in [1.807, 2.05) is 12.1 Å². The highest BCUT2D eigenvalue weighted by molar-refractivity contribution is 7.10. The van der Waals surface area contributed by atoms with Gasteiger partial charge in [-0.3, -0.25) is 9.80 Å². The molecule has 4 rings (SSSR count). The van der Waals surface area contributed by atoms with Gasteiger partial charge < -0.3 is 10.6 Å². The molecule has 1 aromatic heterocycles. The van der Waals surface area contributed by atoms with Gasteiger partial charge in [0.25, 0.3) is 0 Å². The zero-order valence-electron chi connectivity index (χ0n) is 17.4. The van der Waals surface area contributed by atoms with Crippen LogP contribution in [0.3, 0.4) is 0 Å². The van der Waals surface area contributed by atoms with E-state index in [1.165, 1.54) is 29.9 Å². The fourth-order valence-corrected chi connectivity index (χ4v) is 5.31. The molecule has 30 heavy (non-hydrogen) atoms. The van der Waals surface area contributed by atoms with Crippen LogP contribution in [0.1, 0.15) is 42.2 Å². The molecule has 0 radical (unpaired) electrons. The highest BCUT2D eigenvalue weighted by Crippen LogP contribution is 2.27. The SMILES string of the molecule is O=C(NCC(c1cccs1)N1CCCC1)NC1CCN(Cc2ccc(F)cc2)CC1. The van der Waals surface area contributed by atoms with Gasteiger partial charge in [-0.2, -0.15) is 0 Å². The number of halogens is 1. The van der Waals surface area contributed by atoms with E-state index in [2.05, 4.69) is 37.9 Å². The molecule has 2 N–H and O–H groups in total. The van der Waals surface area contributed by atoms with Crippen molar-refractivity contribution in [3.8, 4) is 0 Å². The minimum Gasteiger partial charge on any atom is -0.336 e. The van der Waals surface area contributed by atoms with Crippen molar-refractivity contribution in [2.24, 2.45) is 0 Å². The number of thiophene rings is 1. The first-order chi connectivity index (χ1) is 14.7. The van der Waals surface area contributed by atoms with Gasteiger partial charge in [0.05, 0.1) is 6.04 Å². The Balaban J connectivity index is 1.20. The molecule has 1 atom stereocenters. The lowest BCUT2D eigenvalue weighted by Crippen LogP contribution is -2.49. The average Bonchev–Trinajstić information content (AvgIpc) is 3.46. The monoisotopic (exact) mass is 430 g/mol. The van der Waals surface area contributed by atoms with Gasteiger partial charge in [0.2, 0.25) is 0 Å². The second-order valence-electron chi connectivity index (χ2n) is 8.31. The van der Waals surface area contributed by atoms with Crippen molar-refractivity contribution in [1.82, 2.24) is 20.4 Å². The Kier molecular flexibility index (Phi) is 7.36. The summed E-state index contributed by atoms with van der Waals surface area (Å²) >= 11 is 1.77. The Labute approximate surface area is 182 Å². The molecule has 7 heteroatoms. The molecule has 2 aliphatic rings. The Hall–Kier alpha value is -1.96. The lowest BCUT2D eigenvalue weighted by atomic mass is 10.0. The van der Waals surface area contributed by atoms with Crippen molar-refractivity contribution in [2.45, 2.75) is 44.3 Å². The molecule has 2 aliphatic heterocycles. The average molecular weight is 431 g/mol. The fraction of sp³-hybridized carbons (Fsp3) is 0.522. The molecule has 5 nitrogen and oxygen atoms in total. The van der Waals surface area contributed by atoms with Crippen LogP contribution in [-0.2, 0) is 6.54 Å². The zero-order valence-corrected chi connectivity index (χ0v) is 18.2. The summed E-state index contributed by atoms with van der Waals surface area (Å²) in [6, 6.07) is 11.4. The van der Waals surface area contributed by atoms with Crippen LogP contribution < -0.4 is 10.6 Å². The molecule has 3 heterocycles. The predicted octanol–water partition coefficient (Wildman–Crippen LogP) is 3.99. The number of carbonyl (C=O) groups excluding carboxylic acids is 1. The smallest absolute Gasteiger partial charge is 0.315 e. The number of carbonyl (C=O) groups is 1. The minimum atomic E-state index is -0.196. The molecule has 0 bridgehead atoms. The van der Waals surface area contributed by atoms with Crippen LogP contribution in [0.15, 0.2) is 41.8 Å². The number of likely N-dealkylation sites (tertiary alicyclic amines) is 2. The molecular weight excluding hydrogens is 399 g/mol. The van der Waals surface area contributed by atoms with Gasteiger partial charge >= 0.3 is 6.03 Å². The number of amides is 2. The highest BCUT2D eigenvalue weighted by Gasteiger charge is 2.25. The van der Waals surface area contributed by atoms with Gasteiger partial charge in [0, 0.05) is 37.1 Å². The van der Waals surface area contributed by atoms with Crippen LogP contribution in [0.5, 0.6) is 0 Å². The number of benzene rings is 1. The molecule has 0 saturated carbocycles.